The Morgan fingerprint density at radius 1 is 1.39 bits per heavy atom. The predicted octanol–water partition coefficient (Wildman–Crippen LogP) is 1.06. The molecule has 2 heterocycles. The zero-order valence-corrected chi connectivity index (χ0v) is 12.8. The molecule has 0 spiro atoms. The number of cyclic esters (lactones) is 1. The number of imidazole rings is 1. The molecule has 7 heteroatoms. The van der Waals surface area contributed by atoms with Crippen LogP contribution < -0.4 is 5.32 Å². The fourth-order valence-corrected chi connectivity index (χ4v) is 2.45. The highest BCUT2D eigenvalue weighted by molar-refractivity contribution is 5.87. The van der Waals surface area contributed by atoms with Crippen molar-refractivity contribution in [3.8, 4) is 0 Å². The average Bonchev–Trinajstić information content (AvgIpc) is 3.13. The Balaban J connectivity index is 1.64. The van der Waals surface area contributed by atoms with Gasteiger partial charge in [0.1, 0.15) is 18.5 Å². The Morgan fingerprint density at radius 2 is 2.17 bits per heavy atom. The van der Waals surface area contributed by atoms with Crippen molar-refractivity contribution < 1.29 is 14.3 Å². The average molecular weight is 314 g/mol. The van der Waals surface area contributed by atoms with E-state index >= 15 is 0 Å². The molecule has 3 rings (SSSR count). The van der Waals surface area contributed by atoms with E-state index in [0.29, 0.717) is 12.4 Å². The molecule has 1 saturated heterocycles. The number of hydrogen-bond acceptors (Lipinski definition) is 4. The largest absolute Gasteiger partial charge is 0.447 e. The van der Waals surface area contributed by atoms with Gasteiger partial charge in [0, 0.05) is 26.0 Å². The lowest BCUT2D eigenvalue weighted by atomic mass is 10.2. The Labute approximate surface area is 133 Å². The number of amides is 2. The number of carbonyl (C=O) groups is 2. The van der Waals surface area contributed by atoms with E-state index in [-0.39, 0.29) is 19.1 Å². The van der Waals surface area contributed by atoms with E-state index in [1.54, 1.807) is 12.4 Å². The zero-order chi connectivity index (χ0) is 16.2. The Kier molecular flexibility index (Phi) is 4.27. The third-order valence-corrected chi connectivity index (χ3v) is 3.82. The summed E-state index contributed by atoms with van der Waals surface area (Å²) in [6.07, 6.45) is 2.95. The number of carbonyl (C=O) groups excluding carboxylic acids is 2. The van der Waals surface area contributed by atoms with Crippen molar-refractivity contribution in [3.63, 3.8) is 0 Å². The first-order valence-corrected chi connectivity index (χ1v) is 7.36. The van der Waals surface area contributed by atoms with Crippen LogP contribution in [0.25, 0.3) is 0 Å². The zero-order valence-electron chi connectivity index (χ0n) is 12.8. The highest BCUT2D eigenvalue weighted by Gasteiger charge is 2.38. The molecule has 0 bridgehead atoms. The first-order chi connectivity index (χ1) is 11.1. The number of hydrogen-bond donors (Lipinski definition) is 1. The van der Waals surface area contributed by atoms with Gasteiger partial charge in [-0.15, -0.1) is 0 Å². The summed E-state index contributed by atoms with van der Waals surface area (Å²) in [5.41, 5.74) is 1.00. The molecule has 1 N–H and O–H groups in total. The summed E-state index contributed by atoms with van der Waals surface area (Å²) >= 11 is 0. The first kappa shape index (κ1) is 15.1. The van der Waals surface area contributed by atoms with E-state index < -0.39 is 12.1 Å². The van der Waals surface area contributed by atoms with Gasteiger partial charge in [0.15, 0.2) is 0 Å². The van der Waals surface area contributed by atoms with Gasteiger partial charge in [-0.25, -0.2) is 9.78 Å². The lowest BCUT2D eigenvalue weighted by molar-refractivity contribution is -0.125. The van der Waals surface area contributed by atoms with Crippen LogP contribution in [0.4, 0.5) is 4.79 Å². The molecule has 1 aromatic carbocycles. The van der Waals surface area contributed by atoms with Gasteiger partial charge >= 0.3 is 6.09 Å². The van der Waals surface area contributed by atoms with E-state index in [0.717, 1.165) is 5.56 Å². The van der Waals surface area contributed by atoms with Gasteiger partial charge in [-0.3, -0.25) is 9.69 Å². The summed E-state index contributed by atoms with van der Waals surface area (Å²) in [5, 5.41) is 2.85. The second kappa shape index (κ2) is 6.51. The fraction of sp³-hybridized carbons (Fsp3) is 0.312. The molecule has 7 nitrogen and oxygen atoms in total. The summed E-state index contributed by atoms with van der Waals surface area (Å²) in [4.78, 5) is 29.9. The SMILES string of the molecule is Cn1ccnc1CN1C(=O)OC[C@H]1C(=O)NCc1ccccc1. The van der Waals surface area contributed by atoms with E-state index in [4.69, 9.17) is 4.74 Å². The molecule has 0 radical (unpaired) electrons. The lowest BCUT2D eigenvalue weighted by Gasteiger charge is -2.20. The molecule has 1 aromatic heterocycles. The van der Waals surface area contributed by atoms with Crippen LogP contribution >= 0.6 is 0 Å². The number of rotatable bonds is 5. The smallest absolute Gasteiger partial charge is 0.411 e. The summed E-state index contributed by atoms with van der Waals surface area (Å²) < 4.78 is 6.84. The van der Waals surface area contributed by atoms with Crippen LogP contribution in [0.15, 0.2) is 42.7 Å². The number of aryl methyl sites for hydroxylation is 1. The van der Waals surface area contributed by atoms with Crippen molar-refractivity contribution >= 4 is 12.0 Å². The molecular formula is C16H18N4O3. The van der Waals surface area contributed by atoms with Crippen LogP contribution in [-0.4, -0.2) is 39.1 Å². The minimum Gasteiger partial charge on any atom is -0.447 e. The van der Waals surface area contributed by atoms with Crippen molar-refractivity contribution in [2.45, 2.75) is 19.1 Å². The molecular weight excluding hydrogens is 296 g/mol. The molecule has 120 valence electrons. The monoisotopic (exact) mass is 314 g/mol. The van der Waals surface area contributed by atoms with Crippen molar-refractivity contribution in [1.29, 1.82) is 0 Å². The van der Waals surface area contributed by atoms with Crippen LogP contribution in [0.5, 0.6) is 0 Å². The molecule has 1 fully saturated rings. The Bertz CT molecular complexity index is 698. The predicted molar refractivity (Wildman–Crippen MR) is 82.2 cm³/mol. The van der Waals surface area contributed by atoms with E-state index in [1.165, 1.54) is 4.90 Å². The minimum atomic E-state index is -0.636. The van der Waals surface area contributed by atoms with E-state index in [1.807, 2.05) is 41.9 Å². The third kappa shape index (κ3) is 3.33. The fourth-order valence-electron chi connectivity index (χ4n) is 2.45. The summed E-state index contributed by atoms with van der Waals surface area (Å²) in [7, 11) is 1.84. The maximum Gasteiger partial charge on any atom is 0.411 e. The topological polar surface area (TPSA) is 76.5 Å². The standard InChI is InChI=1S/C16H18N4O3/c1-19-8-7-17-14(19)10-20-13(11-23-16(20)22)15(21)18-9-12-5-3-2-4-6-12/h2-8,13H,9-11H2,1H3,(H,18,21)/t13-/m0/s1. The molecule has 1 aliphatic heterocycles. The number of nitrogens with one attached hydrogen (secondary N) is 1. The quantitative estimate of drug-likeness (QED) is 0.895. The minimum absolute atomic E-state index is 0.0594. The van der Waals surface area contributed by atoms with Crippen LogP contribution in [0, 0.1) is 0 Å². The maximum absolute atomic E-state index is 12.4. The second-order valence-electron chi connectivity index (χ2n) is 5.38. The van der Waals surface area contributed by atoms with Crippen LogP contribution in [0.1, 0.15) is 11.4 Å². The molecule has 23 heavy (non-hydrogen) atoms. The van der Waals surface area contributed by atoms with Crippen LogP contribution in [-0.2, 0) is 29.7 Å². The van der Waals surface area contributed by atoms with Gasteiger partial charge in [-0.05, 0) is 5.56 Å². The highest BCUT2D eigenvalue weighted by Crippen LogP contribution is 2.16. The number of benzene rings is 1. The normalized spacial score (nSPS) is 17.2. The van der Waals surface area contributed by atoms with Gasteiger partial charge in [-0.1, -0.05) is 30.3 Å². The molecule has 0 saturated carbocycles. The summed E-state index contributed by atoms with van der Waals surface area (Å²) in [5.74, 6) is 0.471. The number of ether oxygens (including phenoxy) is 1. The molecule has 0 unspecified atom stereocenters. The first-order valence-electron chi connectivity index (χ1n) is 7.36. The molecule has 1 atom stereocenters. The number of aromatic nitrogens is 2. The Morgan fingerprint density at radius 3 is 2.87 bits per heavy atom. The van der Waals surface area contributed by atoms with Gasteiger partial charge in [0.05, 0.1) is 6.54 Å². The van der Waals surface area contributed by atoms with Gasteiger partial charge in [0.2, 0.25) is 5.91 Å². The van der Waals surface area contributed by atoms with E-state index in [9.17, 15) is 9.59 Å². The maximum atomic E-state index is 12.4. The van der Waals surface area contributed by atoms with Crippen LogP contribution in [0.2, 0.25) is 0 Å². The van der Waals surface area contributed by atoms with Crippen molar-refractivity contribution in [2.75, 3.05) is 6.61 Å². The van der Waals surface area contributed by atoms with Crippen molar-refractivity contribution in [3.05, 3.63) is 54.1 Å². The third-order valence-electron chi connectivity index (χ3n) is 3.82. The van der Waals surface area contributed by atoms with Crippen molar-refractivity contribution in [1.82, 2.24) is 19.8 Å². The number of nitrogens with zero attached hydrogens (tertiary/aromatic N) is 3. The molecule has 1 aliphatic rings. The highest BCUT2D eigenvalue weighted by atomic mass is 16.6. The Hall–Kier alpha value is -2.83. The summed E-state index contributed by atoms with van der Waals surface area (Å²) in [6.45, 7) is 0.718. The van der Waals surface area contributed by atoms with Crippen molar-refractivity contribution in [2.24, 2.45) is 7.05 Å². The second-order valence-corrected chi connectivity index (χ2v) is 5.38. The van der Waals surface area contributed by atoms with Gasteiger partial charge < -0.3 is 14.6 Å². The molecule has 2 aromatic rings. The lowest BCUT2D eigenvalue weighted by Crippen LogP contribution is -2.45. The van der Waals surface area contributed by atoms with Crippen LogP contribution in [0.3, 0.4) is 0 Å². The molecule has 0 aliphatic carbocycles. The summed E-state index contributed by atoms with van der Waals surface area (Å²) in [6, 6.07) is 8.98. The van der Waals surface area contributed by atoms with Gasteiger partial charge in [-0.2, -0.15) is 0 Å². The molecule has 2 amide bonds. The van der Waals surface area contributed by atoms with Gasteiger partial charge in [0.25, 0.3) is 0 Å². The van der Waals surface area contributed by atoms with E-state index in [2.05, 4.69) is 10.3 Å².